The van der Waals surface area contributed by atoms with E-state index in [9.17, 15) is 4.79 Å². The summed E-state index contributed by atoms with van der Waals surface area (Å²) in [4.78, 5) is 10.6. The van der Waals surface area contributed by atoms with Crippen molar-refractivity contribution >= 4 is 5.78 Å². The zero-order chi connectivity index (χ0) is 6.85. The minimum absolute atomic E-state index is 0.0648. The average molecular weight is 128 g/mol. The van der Waals surface area contributed by atoms with E-state index in [1.54, 1.807) is 0 Å². The predicted octanol–water partition coefficient (Wildman–Crippen LogP) is 1.14. The number of carbonyl (C=O) groups excluding carboxylic acids is 1. The lowest BCUT2D eigenvalue weighted by molar-refractivity contribution is -0.143. The average Bonchev–Trinajstić information content (AvgIpc) is 1.79. The van der Waals surface area contributed by atoms with E-state index in [4.69, 9.17) is 4.74 Å². The van der Waals surface area contributed by atoms with Crippen molar-refractivity contribution in [3.63, 3.8) is 0 Å². The molecule has 0 bridgehead atoms. The summed E-state index contributed by atoms with van der Waals surface area (Å²) in [5.41, 5.74) is 0. The van der Waals surface area contributed by atoms with E-state index < -0.39 is 0 Å². The van der Waals surface area contributed by atoms with Crippen LogP contribution >= 0.6 is 0 Å². The Kier molecular flexibility index (Phi) is 1.86. The molecule has 1 aliphatic carbocycles. The molecule has 0 saturated heterocycles. The fourth-order valence-electron chi connectivity index (χ4n) is 0.853. The monoisotopic (exact) mass is 128 g/mol. The van der Waals surface area contributed by atoms with Crippen molar-refractivity contribution in [3.05, 3.63) is 0 Å². The number of Topliss-reactive ketones (excluding diaryl/α,β-unsaturated/α-hetero) is 1. The summed E-state index contributed by atoms with van der Waals surface area (Å²) in [6.07, 6.45) is 1.78. The molecule has 0 radical (unpaired) electrons. The highest BCUT2D eigenvalue weighted by molar-refractivity contribution is 5.88. The molecule has 1 saturated carbocycles. The third-order valence-electron chi connectivity index (χ3n) is 1.45. The lowest BCUT2D eigenvalue weighted by Gasteiger charge is -2.25. The van der Waals surface area contributed by atoms with E-state index in [1.807, 2.05) is 13.8 Å². The van der Waals surface area contributed by atoms with Gasteiger partial charge in [0.15, 0.2) is 5.78 Å². The number of rotatable bonds is 2. The standard InChI is InChI=1S/C7H12O2/c1-5(2)9-7-4-3-6(7)8/h5,7H,3-4H2,1-2H3. The van der Waals surface area contributed by atoms with Crippen LogP contribution in [0.3, 0.4) is 0 Å². The first-order valence-electron chi connectivity index (χ1n) is 3.38. The van der Waals surface area contributed by atoms with Crippen molar-refractivity contribution in [2.75, 3.05) is 0 Å². The number of ether oxygens (including phenoxy) is 1. The number of hydrogen-bond acceptors (Lipinski definition) is 2. The normalized spacial score (nSPS) is 26.6. The van der Waals surface area contributed by atoms with Gasteiger partial charge in [-0.1, -0.05) is 0 Å². The van der Waals surface area contributed by atoms with Crippen molar-refractivity contribution in [3.8, 4) is 0 Å². The van der Waals surface area contributed by atoms with Crippen molar-refractivity contribution in [2.45, 2.75) is 38.9 Å². The summed E-state index contributed by atoms with van der Waals surface area (Å²) in [6, 6.07) is 0. The summed E-state index contributed by atoms with van der Waals surface area (Å²) in [6.45, 7) is 3.90. The zero-order valence-electron chi connectivity index (χ0n) is 5.89. The highest BCUT2D eigenvalue weighted by atomic mass is 16.5. The molecule has 2 nitrogen and oxygen atoms in total. The number of ketones is 1. The van der Waals surface area contributed by atoms with E-state index in [1.165, 1.54) is 0 Å². The van der Waals surface area contributed by atoms with Gasteiger partial charge in [-0.15, -0.1) is 0 Å². The van der Waals surface area contributed by atoms with E-state index in [0.717, 1.165) is 12.8 Å². The maximum atomic E-state index is 10.6. The quantitative estimate of drug-likeness (QED) is 0.557. The molecular weight excluding hydrogens is 116 g/mol. The van der Waals surface area contributed by atoms with Crippen LogP contribution in [0.15, 0.2) is 0 Å². The van der Waals surface area contributed by atoms with Gasteiger partial charge in [-0.2, -0.15) is 0 Å². The van der Waals surface area contributed by atoms with Gasteiger partial charge in [-0.3, -0.25) is 4.79 Å². The van der Waals surface area contributed by atoms with Crippen LogP contribution in [0.1, 0.15) is 26.7 Å². The highest BCUT2D eigenvalue weighted by Crippen LogP contribution is 2.18. The fraction of sp³-hybridized carbons (Fsp3) is 0.857. The Hall–Kier alpha value is -0.370. The predicted molar refractivity (Wildman–Crippen MR) is 34.2 cm³/mol. The van der Waals surface area contributed by atoms with Crippen molar-refractivity contribution in [1.82, 2.24) is 0 Å². The van der Waals surface area contributed by atoms with Gasteiger partial charge in [0, 0.05) is 6.42 Å². The lowest BCUT2D eigenvalue weighted by Crippen LogP contribution is -2.36. The molecule has 2 heteroatoms. The molecule has 1 fully saturated rings. The Labute approximate surface area is 55.2 Å². The number of hydrogen-bond donors (Lipinski definition) is 0. The third-order valence-corrected chi connectivity index (χ3v) is 1.45. The van der Waals surface area contributed by atoms with Crippen LogP contribution in [-0.4, -0.2) is 18.0 Å². The van der Waals surface area contributed by atoms with E-state index in [-0.39, 0.29) is 18.0 Å². The smallest absolute Gasteiger partial charge is 0.161 e. The van der Waals surface area contributed by atoms with Crippen LogP contribution in [0.4, 0.5) is 0 Å². The first-order valence-corrected chi connectivity index (χ1v) is 3.38. The molecule has 0 aliphatic heterocycles. The molecule has 1 atom stereocenters. The van der Waals surface area contributed by atoms with Gasteiger partial charge < -0.3 is 4.74 Å². The fourth-order valence-corrected chi connectivity index (χ4v) is 0.853. The summed E-state index contributed by atoms with van der Waals surface area (Å²) in [5, 5.41) is 0. The third kappa shape index (κ3) is 1.52. The molecule has 0 N–H and O–H groups in total. The Morgan fingerprint density at radius 2 is 2.33 bits per heavy atom. The Bertz CT molecular complexity index is 118. The van der Waals surface area contributed by atoms with Gasteiger partial charge in [0.2, 0.25) is 0 Å². The van der Waals surface area contributed by atoms with Crippen LogP contribution in [0.2, 0.25) is 0 Å². The second-order valence-corrected chi connectivity index (χ2v) is 2.68. The molecule has 0 aromatic rings. The second kappa shape index (κ2) is 2.48. The SMILES string of the molecule is CC(C)OC1CCC1=O. The molecule has 1 aliphatic rings. The van der Waals surface area contributed by atoms with E-state index in [2.05, 4.69) is 0 Å². The summed E-state index contributed by atoms with van der Waals surface area (Å²) >= 11 is 0. The summed E-state index contributed by atoms with van der Waals surface area (Å²) in [5.74, 6) is 0.267. The Morgan fingerprint density at radius 1 is 1.67 bits per heavy atom. The lowest BCUT2D eigenvalue weighted by atomic mass is 9.94. The molecule has 1 unspecified atom stereocenters. The van der Waals surface area contributed by atoms with Crippen LogP contribution in [-0.2, 0) is 9.53 Å². The van der Waals surface area contributed by atoms with Crippen LogP contribution in [0.5, 0.6) is 0 Å². The molecule has 0 heterocycles. The first kappa shape index (κ1) is 6.75. The van der Waals surface area contributed by atoms with Gasteiger partial charge in [-0.25, -0.2) is 0 Å². The summed E-state index contributed by atoms with van der Waals surface area (Å²) < 4.78 is 5.25. The first-order chi connectivity index (χ1) is 4.20. The second-order valence-electron chi connectivity index (χ2n) is 2.68. The summed E-state index contributed by atoms with van der Waals surface area (Å²) in [7, 11) is 0. The Balaban J connectivity index is 2.21. The van der Waals surface area contributed by atoms with Crippen LogP contribution in [0, 0.1) is 0 Å². The zero-order valence-corrected chi connectivity index (χ0v) is 5.89. The molecular formula is C7H12O2. The molecule has 0 amide bonds. The molecule has 1 rings (SSSR count). The van der Waals surface area contributed by atoms with Crippen molar-refractivity contribution < 1.29 is 9.53 Å². The molecule has 0 aromatic carbocycles. The topological polar surface area (TPSA) is 26.3 Å². The molecule has 9 heavy (non-hydrogen) atoms. The van der Waals surface area contributed by atoms with E-state index in [0.29, 0.717) is 0 Å². The van der Waals surface area contributed by atoms with Gasteiger partial charge in [0.25, 0.3) is 0 Å². The molecule has 0 aromatic heterocycles. The Morgan fingerprint density at radius 3 is 2.44 bits per heavy atom. The number of carbonyl (C=O) groups is 1. The van der Waals surface area contributed by atoms with Gasteiger partial charge in [0.1, 0.15) is 6.10 Å². The minimum Gasteiger partial charge on any atom is -0.368 e. The van der Waals surface area contributed by atoms with Gasteiger partial charge >= 0.3 is 0 Å². The van der Waals surface area contributed by atoms with Crippen LogP contribution in [0.25, 0.3) is 0 Å². The van der Waals surface area contributed by atoms with E-state index >= 15 is 0 Å². The largest absolute Gasteiger partial charge is 0.368 e. The van der Waals surface area contributed by atoms with Crippen molar-refractivity contribution in [1.29, 1.82) is 0 Å². The van der Waals surface area contributed by atoms with Crippen LogP contribution < -0.4 is 0 Å². The maximum Gasteiger partial charge on any atom is 0.161 e. The highest BCUT2D eigenvalue weighted by Gasteiger charge is 2.29. The molecule has 52 valence electrons. The maximum absolute atomic E-state index is 10.6. The van der Waals surface area contributed by atoms with Gasteiger partial charge in [0.05, 0.1) is 6.10 Å². The van der Waals surface area contributed by atoms with Crippen molar-refractivity contribution in [2.24, 2.45) is 0 Å². The minimum atomic E-state index is -0.0648. The van der Waals surface area contributed by atoms with Gasteiger partial charge in [-0.05, 0) is 20.3 Å². The molecule has 0 spiro atoms.